The zero-order chi connectivity index (χ0) is 29.2. The number of nitrogens with zero attached hydrogens (tertiary/aromatic N) is 5. The van der Waals surface area contributed by atoms with E-state index in [1.54, 1.807) is 17.5 Å². The van der Waals surface area contributed by atoms with Gasteiger partial charge in [0.2, 0.25) is 0 Å². The van der Waals surface area contributed by atoms with Crippen LogP contribution in [-0.4, -0.2) is 65.5 Å². The van der Waals surface area contributed by atoms with Crippen molar-refractivity contribution in [3.05, 3.63) is 64.4 Å². The highest BCUT2D eigenvalue weighted by Crippen LogP contribution is 2.27. The van der Waals surface area contributed by atoms with Crippen LogP contribution in [0, 0.1) is 0 Å². The summed E-state index contributed by atoms with van der Waals surface area (Å²) < 4.78 is 71.6. The molecule has 0 saturated heterocycles. The number of aromatic nitrogens is 4. The molecule has 0 fully saturated rings. The highest BCUT2D eigenvalue weighted by molar-refractivity contribution is 7.09. The fraction of sp³-hybridized carbons (Fsp3) is 0.409. The van der Waals surface area contributed by atoms with Crippen LogP contribution in [0.2, 0.25) is 0 Å². The monoisotopic (exact) mass is 583 g/mol. The van der Waals surface area contributed by atoms with Gasteiger partial charge in [-0.2, -0.15) is 26.3 Å². The molecule has 3 aromatic rings. The van der Waals surface area contributed by atoms with Crippen molar-refractivity contribution in [3.8, 4) is 0 Å². The van der Waals surface area contributed by atoms with Gasteiger partial charge in [0.25, 0.3) is 0 Å². The van der Waals surface area contributed by atoms with Gasteiger partial charge in [-0.05, 0) is 19.1 Å². The number of carboxylic acids is 2. The SMILES string of the molecule is CC1c2ncc(COCc3ccccn3)n2CCN1Cc1nccs1.O=C(O)C(F)(F)F.O=C(O)C(F)(F)F. The smallest absolute Gasteiger partial charge is 0.475 e. The number of carboxylic acid groups (broad SMARTS) is 2. The maximum atomic E-state index is 10.6. The average molecular weight is 584 g/mol. The third kappa shape index (κ3) is 10.3. The normalized spacial score (nSPS) is 15.3. The van der Waals surface area contributed by atoms with Crippen molar-refractivity contribution in [2.45, 2.75) is 51.6 Å². The number of pyridine rings is 1. The molecule has 4 rings (SSSR count). The predicted molar refractivity (Wildman–Crippen MR) is 123 cm³/mol. The summed E-state index contributed by atoms with van der Waals surface area (Å²) in [5, 5.41) is 17.4. The summed E-state index contributed by atoms with van der Waals surface area (Å²) >= 11 is 1.71. The van der Waals surface area contributed by atoms with E-state index in [0.29, 0.717) is 13.2 Å². The number of thiazole rings is 1. The van der Waals surface area contributed by atoms with Crippen LogP contribution >= 0.6 is 11.3 Å². The minimum Gasteiger partial charge on any atom is -0.475 e. The first-order valence-electron chi connectivity index (χ1n) is 10.9. The quantitative estimate of drug-likeness (QED) is 0.408. The predicted octanol–water partition coefficient (Wildman–Crippen LogP) is 4.29. The average Bonchev–Trinajstić information content (AvgIpc) is 3.52. The lowest BCUT2D eigenvalue weighted by molar-refractivity contribution is -0.193. The van der Waals surface area contributed by atoms with Crippen molar-refractivity contribution in [2.75, 3.05) is 6.54 Å². The van der Waals surface area contributed by atoms with Crippen LogP contribution in [0.15, 0.2) is 42.2 Å². The number of hydrogen-bond acceptors (Lipinski definition) is 8. The van der Waals surface area contributed by atoms with E-state index in [4.69, 9.17) is 24.5 Å². The van der Waals surface area contributed by atoms with Gasteiger partial charge in [-0.1, -0.05) is 6.07 Å². The summed E-state index contributed by atoms with van der Waals surface area (Å²) in [6.07, 6.45) is -4.57. The van der Waals surface area contributed by atoms with E-state index in [0.717, 1.165) is 41.9 Å². The van der Waals surface area contributed by atoms with Crippen LogP contribution in [0.1, 0.15) is 35.2 Å². The van der Waals surface area contributed by atoms with Gasteiger partial charge in [0, 0.05) is 30.9 Å². The first kappa shape index (κ1) is 31.6. The van der Waals surface area contributed by atoms with Crippen molar-refractivity contribution in [2.24, 2.45) is 0 Å². The number of ether oxygens (including phenoxy) is 1. The largest absolute Gasteiger partial charge is 0.490 e. The van der Waals surface area contributed by atoms with Crippen molar-refractivity contribution in [1.29, 1.82) is 0 Å². The van der Waals surface area contributed by atoms with Gasteiger partial charge in [0.15, 0.2) is 0 Å². The standard InChI is InChI=1S/C18H21N5OS.2C2HF3O2/c1-14-18-21-10-16(13-24-12-15-4-2-3-5-19-15)23(18)8-7-22(14)11-17-20-6-9-25-17;2*3-2(4,5)1(6)7/h2-6,9-10,14H,7-8,11-13H2,1H3;2*(H,6,7). The lowest BCUT2D eigenvalue weighted by atomic mass is 10.2. The molecule has 10 nitrogen and oxygen atoms in total. The molecule has 1 aliphatic rings. The van der Waals surface area contributed by atoms with Gasteiger partial charge >= 0.3 is 24.3 Å². The second-order valence-electron chi connectivity index (χ2n) is 7.75. The maximum Gasteiger partial charge on any atom is 0.490 e. The van der Waals surface area contributed by atoms with Gasteiger partial charge in [-0.25, -0.2) is 19.6 Å². The molecule has 0 aliphatic carbocycles. The minimum absolute atomic E-state index is 0.280. The Kier molecular flexibility index (Phi) is 11.4. The van der Waals surface area contributed by atoms with E-state index in [-0.39, 0.29) is 6.04 Å². The Balaban J connectivity index is 0.000000317. The molecule has 1 aliphatic heterocycles. The summed E-state index contributed by atoms with van der Waals surface area (Å²) in [6.45, 7) is 6.11. The lowest BCUT2D eigenvalue weighted by Gasteiger charge is -2.33. The van der Waals surface area contributed by atoms with Crippen molar-refractivity contribution in [3.63, 3.8) is 0 Å². The molecule has 17 heteroatoms. The molecular formula is C22H23F6N5O5S. The third-order valence-electron chi connectivity index (χ3n) is 5.03. The van der Waals surface area contributed by atoms with E-state index in [9.17, 15) is 26.3 Å². The summed E-state index contributed by atoms with van der Waals surface area (Å²) in [6, 6.07) is 6.15. The number of aliphatic carboxylic acids is 2. The van der Waals surface area contributed by atoms with Crippen molar-refractivity contribution < 1.29 is 50.9 Å². The zero-order valence-electron chi connectivity index (χ0n) is 20.2. The van der Waals surface area contributed by atoms with Crippen LogP contribution in [0.4, 0.5) is 26.3 Å². The molecular weight excluding hydrogens is 560 g/mol. The molecule has 39 heavy (non-hydrogen) atoms. The summed E-state index contributed by atoms with van der Waals surface area (Å²) in [4.78, 5) is 33.6. The lowest BCUT2D eigenvalue weighted by Crippen LogP contribution is -2.37. The van der Waals surface area contributed by atoms with E-state index in [2.05, 4.69) is 31.3 Å². The molecule has 214 valence electrons. The first-order chi connectivity index (χ1) is 18.2. The number of halogens is 6. The molecule has 0 bridgehead atoms. The minimum atomic E-state index is -5.08. The van der Waals surface area contributed by atoms with Crippen LogP contribution in [0.3, 0.4) is 0 Å². The zero-order valence-corrected chi connectivity index (χ0v) is 21.0. The molecule has 0 spiro atoms. The van der Waals surface area contributed by atoms with Crippen LogP contribution in [-0.2, 0) is 40.6 Å². The number of fused-ring (bicyclic) bond motifs is 1. The Morgan fingerprint density at radius 3 is 2.15 bits per heavy atom. The van der Waals surface area contributed by atoms with Crippen LogP contribution in [0.5, 0.6) is 0 Å². The second-order valence-corrected chi connectivity index (χ2v) is 8.73. The summed E-state index contributed by atoms with van der Waals surface area (Å²) in [5.74, 6) is -4.40. The fourth-order valence-corrected chi connectivity index (χ4v) is 3.82. The second kappa shape index (κ2) is 14.0. The Hall–Kier alpha value is -3.57. The Labute approximate surface area is 221 Å². The number of carbonyl (C=O) groups is 2. The van der Waals surface area contributed by atoms with Gasteiger partial charge in [-0.15, -0.1) is 11.3 Å². The first-order valence-corrected chi connectivity index (χ1v) is 11.8. The van der Waals surface area contributed by atoms with Gasteiger partial charge in [-0.3, -0.25) is 9.88 Å². The number of alkyl halides is 6. The van der Waals surface area contributed by atoms with Crippen LogP contribution in [0.25, 0.3) is 0 Å². The Bertz CT molecular complexity index is 1160. The number of imidazole rings is 1. The van der Waals surface area contributed by atoms with Gasteiger partial charge < -0.3 is 19.5 Å². The Morgan fingerprint density at radius 2 is 1.64 bits per heavy atom. The molecule has 1 unspecified atom stereocenters. The molecule has 3 aromatic heterocycles. The summed E-state index contributed by atoms with van der Waals surface area (Å²) in [5.41, 5.74) is 2.08. The molecule has 0 aromatic carbocycles. The molecule has 0 radical (unpaired) electrons. The molecule has 0 amide bonds. The molecule has 0 saturated carbocycles. The van der Waals surface area contributed by atoms with E-state index < -0.39 is 24.3 Å². The molecule has 4 heterocycles. The van der Waals surface area contributed by atoms with Gasteiger partial charge in [0.05, 0.1) is 43.4 Å². The molecule has 1 atom stereocenters. The fourth-order valence-electron chi connectivity index (χ4n) is 3.18. The number of rotatable bonds is 6. The maximum absolute atomic E-state index is 10.6. The van der Waals surface area contributed by atoms with Gasteiger partial charge in [0.1, 0.15) is 10.8 Å². The van der Waals surface area contributed by atoms with E-state index in [1.165, 1.54) is 0 Å². The highest BCUT2D eigenvalue weighted by Gasteiger charge is 2.38. The van der Waals surface area contributed by atoms with Crippen LogP contribution < -0.4 is 0 Å². The highest BCUT2D eigenvalue weighted by atomic mass is 32.1. The topological polar surface area (TPSA) is 131 Å². The van der Waals surface area contributed by atoms with E-state index in [1.807, 2.05) is 36.0 Å². The Morgan fingerprint density at radius 1 is 1.00 bits per heavy atom. The number of hydrogen-bond donors (Lipinski definition) is 2. The van der Waals surface area contributed by atoms with E-state index >= 15 is 0 Å². The van der Waals surface area contributed by atoms with Crippen molar-refractivity contribution >= 4 is 23.3 Å². The third-order valence-corrected chi connectivity index (χ3v) is 5.80. The van der Waals surface area contributed by atoms with Crippen molar-refractivity contribution in [1.82, 2.24) is 24.4 Å². The molecule has 2 N–H and O–H groups in total. The summed E-state index contributed by atoms with van der Waals surface area (Å²) in [7, 11) is 0.